The first-order chi connectivity index (χ1) is 17.8. The molecule has 38 heavy (non-hydrogen) atoms. The van der Waals surface area contributed by atoms with E-state index in [-0.39, 0.29) is 17.0 Å². The van der Waals surface area contributed by atoms with Gasteiger partial charge in [0.25, 0.3) is 5.91 Å². The maximum atomic E-state index is 14.5. The van der Waals surface area contributed by atoms with Crippen molar-refractivity contribution in [2.45, 2.75) is 58.3 Å². The van der Waals surface area contributed by atoms with Gasteiger partial charge >= 0.3 is 12.1 Å². The number of alkyl halides is 3. The second kappa shape index (κ2) is 12.2. The number of benzene rings is 2. The van der Waals surface area contributed by atoms with Gasteiger partial charge in [-0.2, -0.15) is 13.2 Å². The Bertz CT molecular complexity index is 1210. The standard InChI is InChI=1S/C23H21F4N3O4.C4H8/c1-12-5-7-13(8-6-12)18-15-3-2-4-16(24)19(15)29-22(34)20(28-18)30-21(33)14(11-17(31)32)9-10-23(25,26)27;1-4-2-3-4/h2-8,14,20H,9-11H2,1H3,(H,29,34)(H,30,33)(H,31,32);4H,2-3H2,1H3. The van der Waals surface area contributed by atoms with Crippen LogP contribution in [0, 0.1) is 24.6 Å². The lowest BCUT2D eigenvalue weighted by molar-refractivity contribution is -0.148. The van der Waals surface area contributed by atoms with Gasteiger partial charge in [-0.3, -0.25) is 14.4 Å². The summed E-state index contributed by atoms with van der Waals surface area (Å²) in [5, 5.41) is 13.6. The number of halogens is 4. The molecule has 0 saturated heterocycles. The average molecular weight is 536 g/mol. The highest BCUT2D eigenvalue weighted by atomic mass is 19.4. The van der Waals surface area contributed by atoms with Gasteiger partial charge in [0.15, 0.2) is 0 Å². The van der Waals surface area contributed by atoms with Gasteiger partial charge in [0, 0.05) is 23.5 Å². The van der Waals surface area contributed by atoms with Crippen molar-refractivity contribution in [3.05, 3.63) is 65.0 Å². The van der Waals surface area contributed by atoms with Crippen molar-refractivity contribution < 1.29 is 37.1 Å². The number of benzodiazepines with no additional fused rings is 1. The maximum Gasteiger partial charge on any atom is 0.389 e. The van der Waals surface area contributed by atoms with Gasteiger partial charge in [0.2, 0.25) is 12.1 Å². The fraction of sp³-hybridized carbons (Fsp3) is 0.407. The number of carboxylic acids is 1. The number of carbonyl (C=O) groups is 3. The van der Waals surface area contributed by atoms with E-state index in [1.807, 2.05) is 6.92 Å². The fourth-order valence-electron chi connectivity index (χ4n) is 3.63. The quantitative estimate of drug-likeness (QED) is 0.423. The van der Waals surface area contributed by atoms with Crippen LogP contribution in [0.15, 0.2) is 47.5 Å². The maximum absolute atomic E-state index is 14.5. The Morgan fingerprint density at radius 2 is 1.79 bits per heavy atom. The van der Waals surface area contributed by atoms with Gasteiger partial charge in [0.05, 0.1) is 17.8 Å². The third-order valence-electron chi connectivity index (χ3n) is 6.06. The summed E-state index contributed by atoms with van der Waals surface area (Å²) < 4.78 is 52.5. The minimum absolute atomic E-state index is 0.164. The van der Waals surface area contributed by atoms with Gasteiger partial charge in [0.1, 0.15) is 5.82 Å². The molecule has 4 rings (SSSR count). The van der Waals surface area contributed by atoms with Crippen molar-refractivity contribution in [3.63, 3.8) is 0 Å². The Labute approximate surface area is 217 Å². The second-order valence-electron chi connectivity index (χ2n) is 9.54. The number of fused-ring (bicyclic) bond motifs is 1. The second-order valence-corrected chi connectivity index (χ2v) is 9.54. The van der Waals surface area contributed by atoms with Crippen LogP contribution < -0.4 is 10.6 Å². The number of amides is 2. The van der Waals surface area contributed by atoms with E-state index < -0.39 is 61.1 Å². The van der Waals surface area contributed by atoms with E-state index in [2.05, 4.69) is 22.5 Å². The smallest absolute Gasteiger partial charge is 0.389 e. The number of carbonyl (C=O) groups excluding carboxylic acids is 2. The molecule has 2 aromatic carbocycles. The van der Waals surface area contributed by atoms with E-state index in [1.165, 1.54) is 25.0 Å². The minimum Gasteiger partial charge on any atom is -0.481 e. The van der Waals surface area contributed by atoms with Crippen LogP contribution in [0.3, 0.4) is 0 Å². The summed E-state index contributed by atoms with van der Waals surface area (Å²) in [6, 6.07) is 11.0. The number of rotatable bonds is 7. The van der Waals surface area contributed by atoms with Crippen LogP contribution in [-0.4, -0.2) is 40.9 Å². The van der Waals surface area contributed by atoms with E-state index >= 15 is 0 Å². The van der Waals surface area contributed by atoms with Crippen LogP contribution in [-0.2, 0) is 14.4 Å². The molecular formula is C27H29F4N3O4. The molecule has 2 aliphatic rings. The Morgan fingerprint density at radius 1 is 1.16 bits per heavy atom. The highest BCUT2D eigenvalue weighted by molar-refractivity contribution is 6.20. The molecule has 1 aliphatic heterocycles. The van der Waals surface area contributed by atoms with Crippen molar-refractivity contribution in [2.75, 3.05) is 5.32 Å². The molecule has 2 aromatic rings. The molecule has 2 atom stereocenters. The summed E-state index contributed by atoms with van der Waals surface area (Å²) in [5.41, 5.74) is 1.68. The molecule has 2 unspecified atom stereocenters. The number of carboxylic acid groups (broad SMARTS) is 1. The molecule has 0 aromatic heterocycles. The zero-order chi connectivity index (χ0) is 28.0. The molecule has 3 N–H and O–H groups in total. The summed E-state index contributed by atoms with van der Waals surface area (Å²) in [5.74, 6) is -4.68. The molecule has 1 fully saturated rings. The van der Waals surface area contributed by atoms with Crippen LogP contribution in [0.5, 0.6) is 0 Å². The minimum atomic E-state index is -4.59. The van der Waals surface area contributed by atoms with E-state index in [0.717, 1.165) is 17.5 Å². The van der Waals surface area contributed by atoms with Crippen LogP contribution in [0.25, 0.3) is 0 Å². The fourth-order valence-corrected chi connectivity index (χ4v) is 3.63. The van der Waals surface area contributed by atoms with Crippen molar-refractivity contribution in [1.82, 2.24) is 5.32 Å². The molecule has 11 heteroatoms. The molecule has 0 spiro atoms. The Kier molecular flexibility index (Phi) is 9.24. The third kappa shape index (κ3) is 8.39. The van der Waals surface area contributed by atoms with Gasteiger partial charge in [-0.25, -0.2) is 9.38 Å². The lowest BCUT2D eigenvalue weighted by atomic mass is 9.98. The monoisotopic (exact) mass is 535 g/mol. The van der Waals surface area contributed by atoms with Crippen LogP contribution in [0.2, 0.25) is 0 Å². The molecule has 1 aliphatic carbocycles. The lowest BCUT2D eigenvalue weighted by Crippen LogP contribution is -2.45. The van der Waals surface area contributed by atoms with Crippen LogP contribution >= 0.6 is 0 Å². The summed E-state index contributed by atoms with van der Waals surface area (Å²) in [7, 11) is 0. The third-order valence-corrected chi connectivity index (χ3v) is 6.06. The molecule has 7 nitrogen and oxygen atoms in total. The van der Waals surface area contributed by atoms with Crippen molar-refractivity contribution in [2.24, 2.45) is 16.8 Å². The number of aryl methyl sites for hydroxylation is 1. The number of aliphatic carboxylic acids is 1. The van der Waals surface area contributed by atoms with Gasteiger partial charge < -0.3 is 15.7 Å². The van der Waals surface area contributed by atoms with Crippen LogP contribution in [0.1, 0.15) is 55.7 Å². The first-order valence-electron chi connectivity index (χ1n) is 12.2. The summed E-state index contributed by atoms with van der Waals surface area (Å²) in [6.07, 6.45) is -6.26. The Balaban J connectivity index is 0.000000912. The predicted octanol–water partition coefficient (Wildman–Crippen LogP) is 5.22. The number of para-hydroxylation sites is 1. The Hall–Kier alpha value is -3.76. The first-order valence-corrected chi connectivity index (χ1v) is 12.2. The molecule has 0 radical (unpaired) electrons. The molecule has 1 heterocycles. The van der Waals surface area contributed by atoms with E-state index in [9.17, 15) is 31.9 Å². The molecule has 2 amide bonds. The molecule has 0 bridgehead atoms. The average Bonchev–Trinajstić information content (AvgIpc) is 3.64. The van der Waals surface area contributed by atoms with Gasteiger partial charge in [-0.1, -0.05) is 61.7 Å². The molecular weight excluding hydrogens is 506 g/mol. The molecule has 1 saturated carbocycles. The van der Waals surface area contributed by atoms with Crippen molar-refractivity contribution in [3.8, 4) is 0 Å². The zero-order valence-corrected chi connectivity index (χ0v) is 20.9. The van der Waals surface area contributed by atoms with Crippen molar-refractivity contribution in [1.29, 1.82) is 0 Å². The van der Waals surface area contributed by atoms with Crippen molar-refractivity contribution >= 4 is 29.2 Å². The SMILES string of the molecule is CC1CC1.Cc1ccc(C2=NC(NC(=O)C(CCC(F)(F)F)CC(=O)O)C(=O)Nc3c(F)cccc32)cc1. The van der Waals surface area contributed by atoms with E-state index in [1.54, 1.807) is 24.3 Å². The zero-order valence-electron chi connectivity index (χ0n) is 20.9. The number of anilines is 1. The van der Waals surface area contributed by atoms with E-state index in [0.29, 0.717) is 5.56 Å². The number of hydrogen-bond donors (Lipinski definition) is 3. The number of aliphatic imine (C=N–C) groups is 1. The highest BCUT2D eigenvalue weighted by Crippen LogP contribution is 2.28. The highest BCUT2D eigenvalue weighted by Gasteiger charge is 2.34. The molecule has 204 valence electrons. The van der Waals surface area contributed by atoms with Gasteiger partial charge in [-0.05, 0) is 25.3 Å². The summed E-state index contributed by atoms with van der Waals surface area (Å²) >= 11 is 0. The summed E-state index contributed by atoms with van der Waals surface area (Å²) in [6.45, 7) is 4.13. The van der Waals surface area contributed by atoms with Gasteiger partial charge in [-0.15, -0.1) is 0 Å². The normalized spacial score (nSPS) is 17.6. The predicted molar refractivity (Wildman–Crippen MR) is 133 cm³/mol. The lowest BCUT2D eigenvalue weighted by Gasteiger charge is -2.19. The number of hydrogen-bond acceptors (Lipinski definition) is 4. The number of nitrogens with zero attached hydrogens (tertiary/aromatic N) is 1. The topological polar surface area (TPSA) is 108 Å². The Morgan fingerprint density at radius 3 is 2.34 bits per heavy atom. The summed E-state index contributed by atoms with van der Waals surface area (Å²) in [4.78, 5) is 40.8. The van der Waals surface area contributed by atoms with Crippen LogP contribution in [0.4, 0.5) is 23.2 Å². The first kappa shape index (κ1) is 28.8. The number of nitrogens with one attached hydrogen (secondary N) is 2. The largest absolute Gasteiger partial charge is 0.481 e. The van der Waals surface area contributed by atoms with E-state index in [4.69, 9.17) is 5.11 Å².